The molecule has 8 heteroatoms. The van der Waals surface area contributed by atoms with Crippen molar-refractivity contribution in [2.75, 3.05) is 26.7 Å². The third kappa shape index (κ3) is 7.05. The van der Waals surface area contributed by atoms with Crippen LogP contribution in [-0.2, 0) is 4.79 Å². The Morgan fingerprint density at radius 3 is 2.76 bits per heavy atom. The summed E-state index contributed by atoms with van der Waals surface area (Å²) < 4.78 is 47.4. The molecular weight excluding hydrogens is 493 g/mol. The van der Waals surface area contributed by atoms with Crippen molar-refractivity contribution in [3.05, 3.63) is 71.4 Å². The van der Waals surface area contributed by atoms with Crippen molar-refractivity contribution in [1.82, 2.24) is 9.88 Å². The van der Waals surface area contributed by atoms with E-state index in [9.17, 15) is 18.7 Å². The summed E-state index contributed by atoms with van der Waals surface area (Å²) in [4.78, 5) is 17.7. The molecular formula is C30H31F3N2O3. The van der Waals surface area contributed by atoms with Crippen LogP contribution in [0.1, 0.15) is 49.4 Å². The highest BCUT2D eigenvalue weighted by Gasteiger charge is 2.30. The van der Waals surface area contributed by atoms with Gasteiger partial charge in [-0.25, -0.2) is 13.2 Å². The molecule has 1 saturated heterocycles. The van der Waals surface area contributed by atoms with Gasteiger partial charge in [0.05, 0.1) is 19.2 Å². The van der Waals surface area contributed by atoms with Gasteiger partial charge in [0.2, 0.25) is 0 Å². The SMILES string of the molecule is COc1ccc2nccc([C@@H](F)CCC3CCN(CC#Cc4ccc(F)c(F)c4)CC3CCC(=O)O)c2c1. The Bertz CT molecular complexity index is 1340. The molecule has 1 N–H and O–H groups in total. The van der Waals surface area contributed by atoms with Crippen LogP contribution in [-0.4, -0.2) is 47.7 Å². The summed E-state index contributed by atoms with van der Waals surface area (Å²) in [5, 5.41) is 9.98. The fraction of sp³-hybridized carbons (Fsp3) is 0.400. The average molecular weight is 525 g/mol. The van der Waals surface area contributed by atoms with Crippen LogP contribution in [0.5, 0.6) is 5.75 Å². The number of rotatable bonds is 9. The standard InChI is InChI=1S/C30H31F3N2O3/c1-38-23-7-10-29-25(18-23)24(12-14-34-29)26(31)9-5-21-13-16-35(19-22(21)6-11-30(36)37)15-2-3-20-4-8-27(32)28(33)17-20/h4,7-8,10,12,14,17-18,21-22,26H,5-6,9,11,13,15-16,19H2,1H3,(H,36,37)/t21?,22?,26-/m0/s1. The first-order valence-electron chi connectivity index (χ1n) is 12.8. The maximum absolute atomic E-state index is 15.5. The van der Waals surface area contributed by atoms with E-state index in [2.05, 4.69) is 21.7 Å². The fourth-order valence-corrected chi connectivity index (χ4v) is 5.21. The van der Waals surface area contributed by atoms with E-state index in [1.165, 1.54) is 6.07 Å². The average Bonchev–Trinajstić information content (AvgIpc) is 2.92. The van der Waals surface area contributed by atoms with E-state index in [0.29, 0.717) is 54.7 Å². The van der Waals surface area contributed by atoms with E-state index >= 15 is 4.39 Å². The number of alkyl halides is 1. The third-order valence-corrected chi connectivity index (χ3v) is 7.27. The maximum atomic E-state index is 15.5. The number of aliphatic carboxylic acids is 1. The number of hydrogen-bond acceptors (Lipinski definition) is 4. The monoisotopic (exact) mass is 524 g/mol. The van der Waals surface area contributed by atoms with Crippen molar-refractivity contribution >= 4 is 16.9 Å². The zero-order chi connectivity index (χ0) is 27.1. The number of pyridine rings is 1. The van der Waals surface area contributed by atoms with Gasteiger partial charge in [-0.1, -0.05) is 11.8 Å². The fourth-order valence-electron chi connectivity index (χ4n) is 5.21. The Kier molecular flexibility index (Phi) is 9.24. The number of likely N-dealkylation sites (tertiary alicyclic amines) is 1. The minimum atomic E-state index is -1.17. The Balaban J connectivity index is 1.39. The Morgan fingerprint density at radius 1 is 1.16 bits per heavy atom. The molecule has 2 aromatic carbocycles. The molecule has 3 atom stereocenters. The Labute approximate surface area is 220 Å². The summed E-state index contributed by atoms with van der Waals surface area (Å²) >= 11 is 0. The number of ether oxygens (including phenoxy) is 1. The molecule has 4 rings (SSSR count). The number of halogens is 3. The molecule has 2 unspecified atom stereocenters. The molecule has 5 nitrogen and oxygen atoms in total. The van der Waals surface area contributed by atoms with Crippen molar-refractivity contribution < 1.29 is 27.8 Å². The molecule has 1 aromatic heterocycles. The predicted octanol–water partition coefficient (Wildman–Crippen LogP) is 6.17. The molecule has 0 saturated carbocycles. The first-order chi connectivity index (χ1) is 18.3. The highest BCUT2D eigenvalue weighted by molar-refractivity contribution is 5.83. The summed E-state index contributed by atoms with van der Waals surface area (Å²) in [6.45, 7) is 1.86. The van der Waals surface area contributed by atoms with Gasteiger partial charge in [-0.3, -0.25) is 14.7 Å². The highest BCUT2D eigenvalue weighted by atomic mass is 19.2. The molecule has 0 spiro atoms. The van der Waals surface area contributed by atoms with Gasteiger partial charge in [0, 0.05) is 30.1 Å². The van der Waals surface area contributed by atoms with Crippen LogP contribution < -0.4 is 4.74 Å². The van der Waals surface area contributed by atoms with E-state index in [1.54, 1.807) is 31.5 Å². The number of aromatic nitrogens is 1. The van der Waals surface area contributed by atoms with Crippen LogP contribution in [0.25, 0.3) is 10.9 Å². The molecule has 1 aliphatic heterocycles. The molecule has 3 aromatic rings. The molecule has 0 radical (unpaired) electrons. The zero-order valence-electron chi connectivity index (χ0n) is 21.3. The summed E-state index contributed by atoms with van der Waals surface area (Å²) in [5.74, 6) is 4.13. The van der Waals surface area contributed by atoms with Crippen LogP contribution in [0, 0.1) is 35.3 Å². The maximum Gasteiger partial charge on any atom is 0.303 e. The van der Waals surface area contributed by atoms with Gasteiger partial charge in [-0.05, 0) is 92.1 Å². The van der Waals surface area contributed by atoms with Crippen LogP contribution in [0.15, 0.2) is 48.7 Å². The number of carboxylic acid groups (broad SMARTS) is 1. The van der Waals surface area contributed by atoms with Crippen molar-refractivity contribution in [3.63, 3.8) is 0 Å². The normalized spacial score (nSPS) is 18.5. The lowest BCUT2D eigenvalue weighted by Crippen LogP contribution is -2.41. The molecule has 0 bridgehead atoms. The molecule has 200 valence electrons. The molecule has 1 fully saturated rings. The van der Waals surface area contributed by atoms with Gasteiger partial charge >= 0.3 is 5.97 Å². The van der Waals surface area contributed by atoms with Gasteiger partial charge in [0.1, 0.15) is 11.9 Å². The first-order valence-corrected chi connectivity index (χ1v) is 12.8. The molecule has 0 aliphatic carbocycles. The van der Waals surface area contributed by atoms with Crippen molar-refractivity contribution in [2.24, 2.45) is 11.8 Å². The van der Waals surface area contributed by atoms with Crippen molar-refractivity contribution in [3.8, 4) is 17.6 Å². The van der Waals surface area contributed by atoms with Gasteiger partial charge in [0.25, 0.3) is 0 Å². The summed E-state index contributed by atoms with van der Waals surface area (Å²) in [5.41, 5.74) is 1.69. The van der Waals surface area contributed by atoms with E-state index < -0.39 is 23.8 Å². The van der Waals surface area contributed by atoms with Gasteiger partial charge in [-0.15, -0.1) is 0 Å². The summed E-state index contributed by atoms with van der Waals surface area (Å²) in [6, 6.07) is 10.7. The summed E-state index contributed by atoms with van der Waals surface area (Å²) in [6.07, 6.45) is 2.81. The number of methoxy groups -OCH3 is 1. The number of piperidine rings is 1. The smallest absolute Gasteiger partial charge is 0.303 e. The molecule has 0 amide bonds. The van der Waals surface area contributed by atoms with E-state index in [0.717, 1.165) is 30.5 Å². The number of fused-ring (bicyclic) bond motifs is 1. The number of hydrogen-bond donors (Lipinski definition) is 1. The van der Waals surface area contributed by atoms with Crippen LogP contribution in [0.2, 0.25) is 0 Å². The van der Waals surface area contributed by atoms with Crippen LogP contribution >= 0.6 is 0 Å². The van der Waals surface area contributed by atoms with Crippen LogP contribution in [0.3, 0.4) is 0 Å². The third-order valence-electron chi connectivity index (χ3n) is 7.27. The number of carboxylic acids is 1. The first kappa shape index (κ1) is 27.5. The minimum absolute atomic E-state index is 0.0589. The molecule has 38 heavy (non-hydrogen) atoms. The number of carbonyl (C=O) groups is 1. The number of nitrogens with zero attached hydrogens (tertiary/aromatic N) is 2. The zero-order valence-corrected chi connectivity index (χ0v) is 21.3. The largest absolute Gasteiger partial charge is 0.497 e. The van der Waals surface area contributed by atoms with E-state index in [4.69, 9.17) is 4.74 Å². The summed E-state index contributed by atoms with van der Waals surface area (Å²) in [7, 11) is 1.57. The quantitative estimate of drug-likeness (QED) is 0.340. The predicted molar refractivity (Wildman–Crippen MR) is 140 cm³/mol. The lowest BCUT2D eigenvalue weighted by atomic mass is 9.79. The van der Waals surface area contributed by atoms with Crippen molar-refractivity contribution in [2.45, 2.75) is 38.3 Å². The van der Waals surface area contributed by atoms with Crippen LogP contribution in [0.4, 0.5) is 13.2 Å². The van der Waals surface area contributed by atoms with Crippen molar-refractivity contribution in [1.29, 1.82) is 0 Å². The second kappa shape index (κ2) is 12.8. The van der Waals surface area contributed by atoms with E-state index in [-0.39, 0.29) is 18.3 Å². The van der Waals surface area contributed by atoms with E-state index in [1.807, 2.05) is 6.07 Å². The molecule has 1 aliphatic rings. The van der Waals surface area contributed by atoms with Gasteiger partial charge in [0.15, 0.2) is 11.6 Å². The number of benzene rings is 2. The lowest BCUT2D eigenvalue weighted by Gasteiger charge is -2.38. The van der Waals surface area contributed by atoms with Gasteiger partial charge in [-0.2, -0.15) is 0 Å². The topological polar surface area (TPSA) is 62.7 Å². The second-order valence-corrected chi connectivity index (χ2v) is 9.74. The Hall–Kier alpha value is -3.57. The highest BCUT2D eigenvalue weighted by Crippen LogP contribution is 2.36. The van der Waals surface area contributed by atoms with Gasteiger partial charge < -0.3 is 9.84 Å². The lowest BCUT2D eigenvalue weighted by molar-refractivity contribution is -0.137. The second-order valence-electron chi connectivity index (χ2n) is 9.74. The Morgan fingerprint density at radius 2 is 2.00 bits per heavy atom. The minimum Gasteiger partial charge on any atom is -0.497 e. The molecule has 2 heterocycles.